The molecule has 6 nitrogen and oxygen atoms in total. The van der Waals surface area contributed by atoms with E-state index >= 15 is 0 Å². The van der Waals surface area contributed by atoms with Crippen LogP contribution in [0.5, 0.6) is 0 Å². The Kier molecular flexibility index (Phi) is 3.87. The largest absolute Gasteiger partial charge is 0.450 e. The van der Waals surface area contributed by atoms with Gasteiger partial charge in [0.2, 0.25) is 11.8 Å². The summed E-state index contributed by atoms with van der Waals surface area (Å²) in [7, 11) is 0. The monoisotopic (exact) mass is 266 g/mol. The van der Waals surface area contributed by atoms with E-state index in [-0.39, 0.29) is 24.3 Å². The molecule has 0 aromatic carbocycles. The zero-order chi connectivity index (χ0) is 14.0. The lowest BCUT2D eigenvalue weighted by Crippen LogP contribution is -2.45. The third-order valence-electron chi connectivity index (χ3n) is 3.56. The highest BCUT2D eigenvalue weighted by Crippen LogP contribution is 2.35. The predicted molar refractivity (Wildman–Crippen MR) is 67.1 cm³/mol. The van der Waals surface area contributed by atoms with Gasteiger partial charge < -0.3 is 10.1 Å². The van der Waals surface area contributed by atoms with E-state index in [9.17, 15) is 14.4 Å². The smallest absolute Gasteiger partial charge is 0.407 e. The fraction of sp³-hybridized carbons (Fsp3) is 0.615. The second-order valence-electron chi connectivity index (χ2n) is 4.61. The Balaban J connectivity index is 2.16. The van der Waals surface area contributed by atoms with Crippen LogP contribution in [0.25, 0.3) is 0 Å². The number of nitrogens with one attached hydrogen (secondary N) is 1. The Morgan fingerprint density at radius 2 is 2.16 bits per heavy atom. The van der Waals surface area contributed by atoms with E-state index in [1.807, 2.05) is 6.08 Å². The maximum absolute atomic E-state index is 12.2. The molecule has 3 amide bonds. The van der Waals surface area contributed by atoms with Gasteiger partial charge in [0.05, 0.1) is 24.5 Å². The number of ether oxygens (including phenoxy) is 1. The van der Waals surface area contributed by atoms with Crippen LogP contribution in [-0.4, -0.2) is 42.0 Å². The zero-order valence-electron chi connectivity index (χ0n) is 11.1. The van der Waals surface area contributed by atoms with Gasteiger partial charge in [0.15, 0.2) is 0 Å². The molecule has 104 valence electrons. The first-order chi connectivity index (χ1) is 9.10. The molecule has 0 spiro atoms. The number of nitrogens with zero attached hydrogens (tertiary/aromatic N) is 1. The molecule has 2 aliphatic rings. The first kappa shape index (κ1) is 13.6. The molecule has 3 unspecified atom stereocenters. The average Bonchev–Trinajstić information content (AvgIpc) is 2.63. The number of alkyl carbamates (subject to hydrolysis) is 1. The fourth-order valence-electron chi connectivity index (χ4n) is 2.72. The molecular weight excluding hydrogens is 248 g/mol. The highest BCUT2D eigenvalue weighted by Gasteiger charge is 2.50. The maximum atomic E-state index is 12.2. The molecule has 3 atom stereocenters. The van der Waals surface area contributed by atoms with Crippen LogP contribution >= 0.6 is 0 Å². The SMILES string of the molecule is CCOC(=O)NC1C=CCC2C(=O)N(CC)C(=O)C12. The number of allylic oxidation sites excluding steroid dienone is 1. The van der Waals surface area contributed by atoms with Crippen molar-refractivity contribution >= 4 is 17.9 Å². The minimum atomic E-state index is -0.562. The number of carbonyl (C=O) groups is 3. The number of carbonyl (C=O) groups excluding carboxylic acids is 3. The lowest BCUT2D eigenvalue weighted by molar-refractivity contribution is -0.139. The predicted octanol–water partition coefficient (Wildman–Crippen LogP) is 0.682. The van der Waals surface area contributed by atoms with Crippen molar-refractivity contribution in [2.75, 3.05) is 13.2 Å². The first-order valence-electron chi connectivity index (χ1n) is 6.55. The van der Waals surface area contributed by atoms with Crippen LogP contribution in [0.15, 0.2) is 12.2 Å². The lowest BCUT2D eigenvalue weighted by Gasteiger charge is -2.26. The Labute approximate surface area is 111 Å². The Morgan fingerprint density at radius 3 is 2.79 bits per heavy atom. The Hall–Kier alpha value is -1.85. The molecule has 2 rings (SSSR count). The molecule has 1 aliphatic heterocycles. The van der Waals surface area contributed by atoms with Gasteiger partial charge in [0.25, 0.3) is 0 Å². The molecule has 6 heteroatoms. The number of imide groups is 1. The normalized spacial score (nSPS) is 29.4. The summed E-state index contributed by atoms with van der Waals surface area (Å²) >= 11 is 0. The molecule has 1 aliphatic carbocycles. The number of rotatable bonds is 3. The summed E-state index contributed by atoms with van der Waals surface area (Å²) in [6.45, 7) is 4.12. The van der Waals surface area contributed by atoms with Crippen LogP contribution in [0, 0.1) is 11.8 Å². The van der Waals surface area contributed by atoms with Crippen LogP contribution in [0.3, 0.4) is 0 Å². The molecule has 0 aromatic heterocycles. The molecule has 0 radical (unpaired) electrons. The van der Waals surface area contributed by atoms with E-state index in [0.29, 0.717) is 13.0 Å². The van der Waals surface area contributed by atoms with E-state index < -0.39 is 18.1 Å². The fourth-order valence-corrected chi connectivity index (χ4v) is 2.72. The van der Waals surface area contributed by atoms with Gasteiger partial charge in [-0.05, 0) is 20.3 Å². The van der Waals surface area contributed by atoms with Gasteiger partial charge in [-0.15, -0.1) is 0 Å². The van der Waals surface area contributed by atoms with Gasteiger partial charge in [-0.2, -0.15) is 0 Å². The average molecular weight is 266 g/mol. The maximum Gasteiger partial charge on any atom is 0.407 e. The summed E-state index contributed by atoms with van der Waals surface area (Å²) in [6, 6.07) is -0.467. The number of fused-ring (bicyclic) bond motifs is 1. The third kappa shape index (κ3) is 2.34. The third-order valence-corrected chi connectivity index (χ3v) is 3.56. The Morgan fingerprint density at radius 1 is 1.42 bits per heavy atom. The van der Waals surface area contributed by atoms with Gasteiger partial charge in [-0.3, -0.25) is 14.5 Å². The zero-order valence-corrected chi connectivity index (χ0v) is 11.1. The standard InChI is InChI=1S/C13H18N2O4/c1-3-15-11(16)8-6-5-7-9(10(8)12(15)17)14-13(18)19-4-2/h5,7-10H,3-4,6H2,1-2H3,(H,14,18). The van der Waals surface area contributed by atoms with Gasteiger partial charge in [0.1, 0.15) is 0 Å². The van der Waals surface area contributed by atoms with Crippen molar-refractivity contribution in [3.8, 4) is 0 Å². The minimum Gasteiger partial charge on any atom is -0.450 e. The van der Waals surface area contributed by atoms with Gasteiger partial charge >= 0.3 is 6.09 Å². The summed E-state index contributed by atoms with van der Waals surface area (Å²) < 4.78 is 4.81. The second-order valence-corrected chi connectivity index (χ2v) is 4.61. The highest BCUT2D eigenvalue weighted by atomic mass is 16.5. The molecule has 19 heavy (non-hydrogen) atoms. The second kappa shape index (κ2) is 5.42. The van der Waals surface area contributed by atoms with Gasteiger partial charge in [0, 0.05) is 6.54 Å². The summed E-state index contributed by atoms with van der Waals surface area (Å²) in [5.41, 5.74) is 0. The Bertz CT molecular complexity index is 432. The molecule has 0 saturated carbocycles. The molecule has 0 aromatic rings. The van der Waals surface area contributed by atoms with Crippen molar-refractivity contribution in [1.82, 2.24) is 10.2 Å². The van der Waals surface area contributed by atoms with Crippen molar-refractivity contribution < 1.29 is 19.1 Å². The molecule has 1 saturated heterocycles. The summed E-state index contributed by atoms with van der Waals surface area (Å²) in [4.78, 5) is 37.0. The van der Waals surface area contributed by atoms with Crippen LogP contribution in [-0.2, 0) is 14.3 Å². The number of hydrogen-bond acceptors (Lipinski definition) is 4. The topological polar surface area (TPSA) is 75.7 Å². The van der Waals surface area contributed by atoms with Crippen LogP contribution in [0.4, 0.5) is 4.79 Å². The van der Waals surface area contributed by atoms with E-state index in [1.165, 1.54) is 4.90 Å². The number of amides is 3. The minimum absolute atomic E-state index is 0.141. The van der Waals surface area contributed by atoms with Crippen molar-refractivity contribution in [3.05, 3.63) is 12.2 Å². The van der Waals surface area contributed by atoms with Gasteiger partial charge in [-0.25, -0.2) is 4.79 Å². The van der Waals surface area contributed by atoms with Crippen LogP contribution in [0.1, 0.15) is 20.3 Å². The van der Waals surface area contributed by atoms with E-state index in [1.54, 1.807) is 19.9 Å². The van der Waals surface area contributed by atoms with E-state index in [0.717, 1.165) is 0 Å². The van der Waals surface area contributed by atoms with E-state index in [2.05, 4.69) is 5.32 Å². The summed E-state index contributed by atoms with van der Waals surface area (Å²) in [6.07, 6.45) is 3.59. The molecule has 1 N–H and O–H groups in total. The van der Waals surface area contributed by atoms with Crippen molar-refractivity contribution in [2.45, 2.75) is 26.3 Å². The summed E-state index contributed by atoms with van der Waals surface area (Å²) in [5.74, 6) is -1.20. The molecule has 1 heterocycles. The lowest BCUT2D eigenvalue weighted by atomic mass is 9.81. The van der Waals surface area contributed by atoms with E-state index in [4.69, 9.17) is 4.74 Å². The molecule has 0 bridgehead atoms. The summed E-state index contributed by atoms with van der Waals surface area (Å²) in [5, 5.41) is 2.64. The van der Waals surface area contributed by atoms with Crippen LogP contribution < -0.4 is 5.32 Å². The van der Waals surface area contributed by atoms with Crippen LogP contribution in [0.2, 0.25) is 0 Å². The molecular formula is C13H18N2O4. The number of hydrogen-bond donors (Lipinski definition) is 1. The quantitative estimate of drug-likeness (QED) is 0.602. The highest BCUT2D eigenvalue weighted by molar-refractivity contribution is 6.06. The van der Waals surface area contributed by atoms with Crippen molar-refractivity contribution in [1.29, 1.82) is 0 Å². The number of likely N-dealkylation sites (tertiary alicyclic amines) is 1. The van der Waals surface area contributed by atoms with Gasteiger partial charge in [-0.1, -0.05) is 12.2 Å². The molecule has 1 fully saturated rings. The first-order valence-corrected chi connectivity index (χ1v) is 6.55. The van der Waals surface area contributed by atoms with Crippen molar-refractivity contribution in [2.24, 2.45) is 11.8 Å². The van der Waals surface area contributed by atoms with Crippen molar-refractivity contribution in [3.63, 3.8) is 0 Å².